The highest BCUT2D eigenvalue weighted by Crippen LogP contribution is 2.35. The van der Waals surface area contributed by atoms with Gasteiger partial charge in [0.05, 0.1) is 38.5 Å². The number of carbonyl (C=O) groups is 2. The second-order valence-corrected chi connectivity index (χ2v) is 9.82. The maximum absolute atomic E-state index is 13.5. The highest BCUT2D eigenvalue weighted by atomic mass is 35.5. The number of hydrogen-bond acceptors (Lipinski definition) is 6. The quantitative estimate of drug-likeness (QED) is 0.277. The first-order chi connectivity index (χ1) is 16.7. The third-order valence-electron chi connectivity index (χ3n) is 5.19. The van der Waals surface area contributed by atoms with Gasteiger partial charge in [0.15, 0.2) is 0 Å². The third-order valence-corrected chi connectivity index (χ3v) is 7.12. The molecule has 4 rings (SSSR count). The Balaban J connectivity index is 1.77. The molecular weight excluding hydrogens is 505 g/mol. The molecular formula is C26H19Cl2N3O3S. The molecule has 0 saturated heterocycles. The zero-order valence-corrected chi connectivity index (χ0v) is 21.3. The van der Waals surface area contributed by atoms with Crippen LogP contribution in [0.3, 0.4) is 0 Å². The van der Waals surface area contributed by atoms with E-state index in [0.717, 1.165) is 11.3 Å². The predicted molar refractivity (Wildman–Crippen MR) is 139 cm³/mol. The minimum atomic E-state index is -0.532. The van der Waals surface area contributed by atoms with E-state index in [0.29, 0.717) is 43.3 Å². The number of aromatic nitrogens is 1. The molecule has 176 valence electrons. The summed E-state index contributed by atoms with van der Waals surface area (Å²) in [5.74, 6) is -0.970. The van der Waals surface area contributed by atoms with Crippen molar-refractivity contribution in [3.8, 4) is 17.3 Å². The van der Waals surface area contributed by atoms with Crippen LogP contribution in [0.4, 0.5) is 5.00 Å². The molecule has 2 aromatic heterocycles. The average Bonchev–Trinajstić information content (AvgIpc) is 3.14. The van der Waals surface area contributed by atoms with Crippen molar-refractivity contribution in [1.29, 1.82) is 5.26 Å². The highest BCUT2D eigenvalue weighted by Gasteiger charge is 2.24. The Kier molecular flexibility index (Phi) is 7.08. The van der Waals surface area contributed by atoms with Gasteiger partial charge in [-0.3, -0.25) is 4.79 Å². The fourth-order valence-electron chi connectivity index (χ4n) is 3.54. The van der Waals surface area contributed by atoms with E-state index in [2.05, 4.69) is 16.4 Å². The molecule has 0 radical (unpaired) electrons. The summed E-state index contributed by atoms with van der Waals surface area (Å²) in [6.45, 7) is 5.15. The summed E-state index contributed by atoms with van der Waals surface area (Å²) in [6.07, 6.45) is -0.310. The summed E-state index contributed by atoms with van der Waals surface area (Å²) < 4.78 is 5.28. The number of nitrogens with zero attached hydrogens (tertiary/aromatic N) is 2. The van der Waals surface area contributed by atoms with Crippen molar-refractivity contribution in [2.45, 2.75) is 26.9 Å². The van der Waals surface area contributed by atoms with E-state index in [1.165, 1.54) is 0 Å². The van der Waals surface area contributed by atoms with E-state index in [1.807, 2.05) is 18.2 Å². The van der Waals surface area contributed by atoms with Crippen molar-refractivity contribution >= 4 is 62.3 Å². The number of nitriles is 1. The summed E-state index contributed by atoms with van der Waals surface area (Å²) in [6, 6.07) is 16.1. The van der Waals surface area contributed by atoms with Crippen LogP contribution < -0.4 is 5.32 Å². The van der Waals surface area contributed by atoms with Crippen molar-refractivity contribution < 1.29 is 14.3 Å². The standard InChI is InChI=1S/C26H19Cl2N3O3S/c1-13(2)34-26(33)23-14(3)18(12-29)25(35-23)31-24(32)17-11-22(15-8-9-19(27)20(28)10-15)30-21-7-5-4-6-16(17)21/h4-11,13H,1-3H3,(H,31,32). The Morgan fingerprint density at radius 3 is 2.54 bits per heavy atom. The Hall–Kier alpha value is -3.44. The summed E-state index contributed by atoms with van der Waals surface area (Å²) in [5.41, 5.74) is 2.90. The molecule has 9 heteroatoms. The first-order valence-electron chi connectivity index (χ1n) is 10.6. The molecule has 0 aliphatic heterocycles. The number of amides is 1. The van der Waals surface area contributed by atoms with Crippen molar-refractivity contribution in [1.82, 2.24) is 4.98 Å². The number of rotatable bonds is 5. The number of halogens is 2. The lowest BCUT2D eigenvalue weighted by Gasteiger charge is -2.11. The molecule has 0 fully saturated rings. The monoisotopic (exact) mass is 523 g/mol. The fraction of sp³-hybridized carbons (Fsp3) is 0.154. The topological polar surface area (TPSA) is 92.1 Å². The van der Waals surface area contributed by atoms with Crippen molar-refractivity contribution in [2.75, 3.05) is 5.32 Å². The van der Waals surface area contributed by atoms with Gasteiger partial charge in [0.1, 0.15) is 15.9 Å². The van der Waals surface area contributed by atoms with Crippen LogP contribution in [0.2, 0.25) is 10.0 Å². The van der Waals surface area contributed by atoms with E-state index in [1.54, 1.807) is 51.1 Å². The molecule has 2 aromatic carbocycles. The number of ether oxygens (including phenoxy) is 1. The van der Waals surface area contributed by atoms with Crippen molar-refractivity contribution in [2.24, 2.45) is 0 Å². The Morgan fingerprint density at radius 2 is 1.86 bits per heavy atom. The zero-order chi connectivity index (χ0) is 25.3. The van der Waals surface area contributed by atoms with Crippen molar-refractivity contribution in [3.63, 3.8) is 0 Å². The molecule has 2 heterocycles. The predicted octanol–water partition coefficient (Wildman–Crippen LogP) is 7.27. The van der Waals surface area contributed by atoms with Crippen LogP contribution in [-0.4, -0.2) is 23.0 Å². The number of thiophene rings is 1. The van der Waals surface area contributed by atoms with Gasteiger partial charge in [0.25, 0.3) is 5.91 Å². The summed E-state index contributed by atoms with van der Waals surface area (Å²) >= 11 is 13.3. The van der Waals surface area contributed by atoms with E-state index < -0.39 is 11.9 Å². The van der Waals surface area contributed by atoms with Crippen LogP contribution in [0, 0.1) is 18.3 Å². The molecule has 4 aromatic rings. The van der Waals surface area contributed by atoms with E-state index in [9.17, 15) is 14.9 Å². The van der Waals surface area contributed by atoms with Crippen molar-refractivity contribution in [3.05, 3.63) is 80.1 Å². The van der Waals surface area contributed by atoms with Gasteiger partial charge in [-0.2, -0.15) is 5.26 Å². The molecule has 0 atom stereocenters. The lowest BCUT2D eigenvalue weighted by Crippen LogP contribution is -2.13. The molecule has 0 aliphatic carbocycles. The second-order valence-electron chi connectivity index (χ2n) is 7.98. The van der Waals surface area contributed by atoms with E-state index in [-0.39, 0.29) is 21.5 Å². The van der Waals surface area contributed by atoms with Gasteiger partial charge in [-0.1, -0.05) is 47.5 Å². The number of pyridine rings is 1. The van der Waals surface area contributed by atoms with Crippen LogP contribution in [0.1, 0.15) is 45.0 Å². The first-order valence-corrected chi connectivity index (χ1v) is 12.2. The number of para-hydroxylation sites is 1. The minimum Gasteiger partial charge on any atom is -0.459 e. The Bertz CT molecular complexity index is 1520. The molecule has 1 N–H and O–H groups in total. The van der Waals surface area contributed by atoms with E-state index in [4.69, 9.17) is 27.9 Å². The summed E-state index contributed by atoms with van der Waals surface area (Å²) in [5, 5.41) is 14.2. The van der Waals surface area contributed by atoms with Crippen LogP contribution in [0.15, 0.2) is 48.5 Å². The molecule has 1 amide bonds. The largest absolute Gasteiger partial charge is 0.459 e. The van der Waals surface area contributed by atoms with Gasteiger partial charge in [-0.25, -0.2) is 9.78 Å². The van der Waals surface area contributed by atoms with Crippen LogP contribution >= 0.6 is 34.5 Å². The van der Waals surface area contributed by atoms with Gasteiger partial charge in [-0.05, 0) is 50.6 Å². The van der Waals surface area contributed by atoms with Gasteiger partial charge in [0, 0.05) is 10.9 Å². The number of esters is 1. The van der Waals surface area contributed by atoms with Crippen LogP contribution in [0.25, 0.3) is 22.2 Å². The van der Waals surface area contributed by atoms with E-state index >= 15 is 0 Å². The number of hydrogen-bond donors (Lipinski definition) is 1. The maximum atomic E-state index is 13.5. The van der Waals surface area contributed by atoms with Crippen LogP contribution in [-0.2, 0) is 4.74 Å². The number of anilines is 1. The molecule has 0 saturated carbocycles. The third kappa shape index (κ3) is 5.01. The average molecular weight is 524 g/mol. The zero-order valence-electron chi connectivity index (χ0n) is 19.0. The van der Waals surface area contributed by atoms with Gasteiger partial charge in [-0.15, -0.1) is 11.3 Å². The molecule has 6 nitrogen and oxygen atoms in total. The lowest BCUT2D eigenvalue weighted by atomic mass is 10.0. The maximum Gasteiger partial charge on any atom is 0.348 e. The Labute approximate surface area is 216 Å². The normalized spacial score (nSPS) is 10.9. The highest BCUT2D eigenvalue weighted by molar-refractivity contribution is 7.18. The number of carbonyl (C=O) groups excluding carboxylic acids is 2. The number of nitrogens with one attached hydrogen (secondary N) is 1. The summed E-state index contributed by atoms with van der Waals surface area (Å²) in [7, 11) is 0. The molecule has 0 spiro atoms. The van der Waals surface area contributed by atoms with Gasteiger partial charge in [0.2, 0.25) is 0 Å². The molecule has 35 heavy (non-hydrogen) atoms. The van der Waals surface area contributed by atoms with Gasteiger partial charge < -0.3 is 10.1 Å². The molecule has 0 bridgehead atoms. The SMILES string of the molecule is Cc1c(C(=O)OC(C)C)sc(NC(=O)c2cc(-c3ccc(Cl)c(Cl)c3)nc3ccccc23)c1C#N. The second kappa shape index (κ2) is 10.0. The smallest absolute Gasteiger partial charge is 0.348 e. The minimum absolute atomic E-state index is 0.224. The Morgan fingerprint density at radius 1 is 1.11 bits per heavy atom. The lowest BCUT2D eigenvalue weighted by molar-refractivity contribution is 0.0383. The molecule has 0 unspecified atom stereocenters. The summed E-state index contributed by atoms with van der Waals surface area (Å²) in [4.78, 5) is 30.9. The number of fused-ring (bicyclic) bond motifs is 1. The van der Waals surface area contributed by atoms with Gasteiger partial charge >= 0.3 is 5.97 Å². The number of benzene rings is 2. The molecule has 0 aliphatic rings. The van der Waals surface area contributed by atoms with Crippen LogP contribution in [0.5, 0.6) is 0 Å². The first kappa shape index (κ1) is 24.7. The fourth-order valence-corrected chi connectivity index (χ4v) is 4.87.